The molecule has 2 fully saturated rings. The molecule has 2 aromatic rings. The topological polar surface area (TPSA) is 78.7 Å². The van der Waals surface area contributed by atoms with Gasteiger partial charge in [0.2, 0.25) is 5.91 Å². The van der Waals surface area contributed by atoms with Crippen molar-refractivity contribution in [3.8, 4) is 11.4 Å². The van der Waals surface area contributed by atoms with Crippen LogP contribution in [-0.2, 0) is 4.79 Å². The quantitative estimate of drug-likeness (QED) is 0.866. The van der Waals surface area contributed by atoms with Gasteiger partial charge in [0.05, 0.1) is 6.20 Å². The summed E-state index contributed by atoms with van der Waals surface area (Å²) in [6, 6.07) is 2.97. The third-order valence-corrected chi connectivity index (χ3v) is 5.28. The standard InChI is InChI=1S/C19H20F2N4O3/c20-13-3-4-15(14(21)8-13)25-11-16(26)18(22-25)19(28)24-7-5-12(10-24)9-23-6-1-2-17(23)27/h3-4,8,11-12,26H,1-2,5-7,9-10H2. The van der Waals surface area contributed by atoms with E-state index in [2.05, 4.69) is 5.10 Å². The minimum Gasteiger partial charge on any atom is -0.504 e. The van der Waals surface area contributed by atoms with Gasteiger partial charge in [0.15, 0.2) is 17.3 Å². The van der Waals surface area contributed by atoms with Crippen LogP contribution in [0.1, 0.15) is 29.8 Å². The number of carbonyl (C=O) groups excluding carboxylic acids is 2. The number of likely N-dealkylation sites (tertiary alicyclic amines) is 2. The average molecular weight is 390 g/mol. The smallest absolute Gasteiger partial charge is 0.278 e. The fourth-order valence-corrected chi connectivity index (χ4v) is 3.83. The second kappa shape index (κ2) is 7.21. The summed E-state index contributed by atoms with van der Waals surface area (Å²) < 4.78 is 28.0. The summed E-state index contributed by atoms with van der Waals surface area (Å²) in [6.07, 6.45) is 3.35. The zero-order valence-corrected chi connectivity index (χ0v) is 15.1. The number of hydrogen-bond acceptors (Lipinski definition) is 4. The number of carbonyl (C=O) groups is 2. The first-order valence-electron chi connectivity index (χ1n) is 9.23. The second-order valence-corrected chi connectivity index (χ2v) is 7.25. The molecule has 2 amide bonds. The van der Waals surface area contributed by atoms with Gasteiger partial charge in [-0.05, 0) is 30.9 Å². The molecule has 148 valence electrons. The fraction of sp³-hybridized carbons (Fsp3) is 0.421. The maximum atomic E-state index is 13.9. The van der Waals surface area contributed by atoms with Crippen molar-refractivity contribution in [3.05, 3.63) is 41.7 Å². The molecule has 3 heterocycles. The Hall–Kier alpha value is -2.97. The van der Waals surface area contributed by atoms with E-state index in [1.54, 1.807) is 4.90 Å². The lowest BCUT2D eigenvalue weighted by Gasteiger charge is -2.20. The number of benzene rings is 1. The molecule has 1 aromatic carbocycles. The minimum absolute atomic E-state index is 0.0670. The molecule has 1 N–H and O–H groups in total. The van der Waals surface area contributed by atoms with E-state index in [4.69, 9.17) is 0 Å². The Morgan fingerprint density at radius 3 is 2.82 bits per heavy atom. The fourth-order valence-electron chi connectivity index (χ4n) is 3.83. The monoisotopic (exact) mass is 390 g/mol. The van der Waals surface area contributed by atoms with Gasteiger partial charge in [-0.25, -0.2) is 13.5 Å². The van der Waals surface area contributed by atoms with E-state index < -0.39 is 17.5 Å². The summed E-state index contributed by atoms with van der Waals surface area (Å²) in [5, 5.41) is 14.1. The SMILES string of the molecule is O=C1CCCN1CC1CCN(C(=O)c2nn(-c3ccc(F)cc3F)cc2O)C1. The Balaban J connectivity index is 1.46. The number of hydrogen-bond donors (Lipinski definition) is 1. The molecular formula is C19H20F2N4O3. The van der Waals surface area contributed by atoms with Crippen molar-refractivity contribution in [1.82, 2.24) is 19.6 Å². The highest BCUT2D eigenvalue weighted by Crippen LogP contribution is 2.26. The Kier molecular flexibility index (Phi) is 4.74. The molecule has 0 spiro atoms. The highest BCUT2D eigenvalue weighted by atomic mass is 19.1. The van der Waals surface area contributed by atoms with Crippen LogP contribution in [0.15, 0.2) is 24.4 Å². The summed E-state index contributed by atoms with van der Waals surface area (Å²) in [6.45, 7) is 2.37. The van der Waals surface area contributed by atoms with E-state index in [-0.39, 0.29) is 29.0 Å². The Labute approximate surface area is 160 Å². The van der Waals surface area contributed by atoms with Crippen LogP contribution in [0.3, 0.4) is 0 Å². The van der Waals surface area contributed by atoms with Crippen LogP contribution in [0, 0.1) is 17.6 Å². The number of aromatic nitrogens is 2. The van der Waals surface area contributed by atoms with Crippen molar-refractivity contribution < 1.29 is 23.5 Å². The minimum atomic E-state index is -0.849. The van der Waals surface area contributed by atoms with Gasteiger partial charge in [0.25, 0.3) is 5.91 Å². The first-order valence-corrected chi connectivity index (χ1v) is 9.23. The number of rotatable bonds is 4. The van der Waals surface area contributed by atoms with Gasteiger partial charge in [-0.1, -0.05) is 0 Å². The maximum Gasteiger partial charge on any atom is 0.278 e. The molecule has 28 heavy (non-hydrogen) atoms. The van der Waals surface area contributed by atoms with Crippen molar-refractivity contribution in [2.75, 3.05) is 26.2 Å². The molecule has 0 bridgehead atoms. The number of nitrogens with zero attached hydrogens (tertiary/aromatic N) is 4. The first-order chi connectivity index (χ1) is 13.4. The molecule has 0 saturated carbocycles. The van der Waals surface area contributed by atoms with Crippen molar-refractivity contribution in [2.24, 2.45) is 5.92 Å². The molecule has 9 heteroatoms. The largest absolute Gasteiger partial charge is 0.504 e. The van der Waals surface area contributed by atoms with Crippen molar-refractivity contribution in [2.45, 2.75) is 19.3 Å². The molecule has 2 saturated heterocycles. The number of amides is 2. The summed E-state index contributed by atoms with van der Waals surface area (Å²) in [4.78, 5) is 27.9. The number of halogens is 2. The van der Waals surface area contributed by atoms with Gasteiger partial charge in [-0.15, -0.1) is 0 Å². The van der Waals surface area contributed by atoms with E-state index in [9.17, 15) is 23.5 Å². The summed E-state index contributed by atoms with van der Waals surface area (Å²) in [7, 11) is 0. The predicted molar refractivity (Wildman–Crippen MR) is 95.0 cm³/mol. The van der Waals surface area contributed by atoms with Gasteiger partial charge in [-0.2, -0.15) is 5.10 Å². The molecule has 2 aliphatic heterocycles. The van der Waals surface area contributed by atoms with Crippen molar-refractivity contribution >= 4 is 11.8 Å². The lowest BCUT2D eigenvalue weighted by molar-refractivity contribution is -0.128. The lowest BCUT2D eigenvalue weighted by atomic mass is 10.1. The molecule has 1 atom stereocenters. The van der Waals surface area contributed by atoms with E-state index in [0.717, 1.165) is 36.3 Å². The summed E-state index contributed by atoms with van der Waals surface area (Å²) in [5.41, 5.74) is -0.246. The Bertz CT molecular complexity index is 930. The molecular weight excluding hydrogens is 370 g/mol. The molecule has 4 rings (SSSR count). The highest BCUT2D eigenvalue weighted by molar-refractivity contribution is 5.95. The first kappa shape index (κ1) is 18.4. The van der Waals surface area contributed by atoms with Crippen LogP contribution < -0.4 is 0 Å². The molecule has 1 unspecified atom stereocenters. The van der Waals surface area contributed by atoms with E-state index >= 15 is 0 Å². The predicted octanol–water partition coefficient (Wildman–Crippen LogP) is 1.94. The van der Waals surface area contributed by atoms with Gasteiger partial charge in [0, 0.05) is 38.7 Å². The van der Waals surface area contributed by atoms with Crippen LogP contribution >= 0.6 is 0 Å². The van der Waals surface area contributed by atoms with E-state index in [1.165, 1.54) is 6.07 Å². The normalized spacial score (nSPS) is 19.6. The highest BCUT2D eigenvalue weighted by Gasteiger charge is 2.33. The van der Waals surface area contributed by atoms with Crippen LogP contribution in [0.25, 0.3) is 5.69 Å². The van der Waals surface area contributed by atoms with Crippen LogP contribution in [-0.4, -0.2) is 62.7 Å². The lowest BCUT2D eigenvalue weighted by Crippen LogP contribution is -2.34. The summed E-state index contributed by atoms with van der Waals surface area (Å²) >= 11 is 0. The van der Waals surface area contributed by atoms with Crippen LogP contribution in [0.4, 0.5) is 8.78 Å². The van der Waals surface area contributed by atoms with Crippen LogP contribution in [0.2, 0.25) is 0 Å². The van der Waals surface area contributed by atoms with Gasteiger partial charge in [0.1, 0.15) is 11.5 Å². The van der Waals surface area contributed by atoms with Crippen LogP contribution in [0.5, 0.6) is 5.75 Å². The molecule has 0 aliphatic carbocycles. The van der Waals surface area contributed by atoms with E-state index in [0.29, 0.717) is 32.1 Å². The van der Waals surface area contributed by atoms with Crippen molar-refractivity contribution in [3.63, 3.8) is 0 Å². The third kappa shape index (κ3) is 3.44. The molecule has 1 aromatic heterocycles. The average Bonchev–Trinajstić information content (AvgIpc) is 3.36. The molecule has 2 aliphatic rings. The van der Waals surface area contributed by atoms with Gasteiger partial charge < -0.3 is 14.9 Å². The Morgan fingerprint density at radius 1 is 1.29 bits per heavy atom. The van der Waals surface area contributed by atoms with Gasteiger partial charge in [-0.3, -0.25) is 9.59 Å². The van der Waals surface area contributed by atoms with E-state index in [1.807, 2.05) is 4.90 Å². The third-order valence-electron chi connectivity index (χ3n) is 5.28. The zero-order chi connectivity index (χ0) is 19.8. The second-order valence-electron chi connectivity index (χ2n) is 7.25. The van der Waals surface area contributed by atoms with Gasteiger partial charge >= 0.3 is 0 Å². The molecule has 0 radical (unpaired) electrons. The maximum absolute atomic E-state index is 13.9. The zero-order valence-electron chi connectivity index (χ0n) is 15.1. The summed E-state index contributed by atoms with van der Waals surface area (Å²) in [5.74, 6) is -2.06. The number of aromatic hydroxyl groups is 1. The molecule has 7 nitrogen and oxygen atoms in total. The van der Waals surface area contributed by atoms with Crippen molar-refractivity contribution in [1.29, 1.82) is 0 Å². The Morgan fingerprint density at radius 2 is 2.11 bits per heavy atom.